The van der Waals surface area contributed by atoms with Gasteiger partial charge in [0.1, 0.15) is 0 Å². The predicted molar refractivity (Wildman–Crippen MR) is 108 cm³/mol. The monoisotopic (exact) mass is 385 g/mol. The Hall–Kier alpha value is -0.170. The summed E-state index contributed by atoms with van der Waals surface area (Å²) in [5, 5.41) is 0. The molecule has 0 aromatic rings. The van der Waals surface area contributed by atoms with Crippen LogP contribution in [0, 0.1) is 11.3 Å². The van der Waals surface area contributed by atoms with Gasteiger partial charge in [-0.1, -0.05) is 0 Å². The summed E-state index contributed by atoms with van der Waals surface area (Å²) >= 11 is 0. The van der Waals surface area contributed by atoms with Crippen LogP contribution in [0.5, 0.6) is 0 Å². The van der Waals surface area contributed by atoms with Crippen molar-refractivity contribution in [3.8, 4) is 0 Å². The van der Waals surface area contributed by atoms with E-state index in [1.54, 1.807) is 11.2 Å². The number of rotatable bonds is 5. The average Bonchev–Trinajstić information content (AvgIpc) is 2.65. The van der Waals surface area contributed by atoms with Gasteiger partial charge in [0.25, 0.3) is 0 Å². The molecule has 3 aliphatic heterocycles. The Morgan fingerprint density at radius 3 is 1.96 bits per heavy atom. The maximum Gasteiger partial charge on any atom is 0.213 e. The molecule has 0 saturated carbocycles. The van der Waals surface area contributed by atoms with Gasteiger partial charge in [-0.2, -0.15) is 0 Å². The zero-order valence-electron chi connectivity index (χ0n) is 17.1. The van der Waals surface area contributed by atoms with Crippen molar-refractivity contribution in [2.45, 2.75) is 65.3 Å². The second kappa shape index (κ2) is 8.46. The van der Waals surface area contributed by atoms with E-state index in [4.69, 9.17) is 0 Å². The minimum absolute atomic E-state index is 0.239. The first-order valence-electron chi connectivity index (χ1n) is 10.8. The molecule has 0 aromatic carbocycles. The minimum Gasteiger partial charge on any atom is -0.303 e. The third-order valence-corrected chi connectivity index (χ3v) is 9.24. The highest BCUT2D eigenvalue weighted by Crippen LogP contribution is 2.42. The number of hydrogen-bond donors (Lipinski definition) is 0. The number of sulfonamides is 1. The first-order chi connectivity index (χ1) is 12.3. The fourth-order valence-corrected chi connectivity index (χ4v) is 6.25. The van der Waals surface area contributed by atoms with Crippen molar-refractivity contribution in [3.05, 3.63) is 0 Å². The summed E-state index contributed by atoms with van der Waals surface area (Å²) in [6.07, 6.45) is 7.35. The summed E-state index contributed by atoms with van der Waals surface area (Å²) < 4.78 is 25.9. The van der Waals surface area contributed by atoms with E-state index in [-0.39, 0.29) is 5.75 Å². The van der Waals surface area contributed by atoms with Gasteiger partial charge in [0, 0.05) is 25.7 Å². The lowest BCUT2D eigenvalue weighted by atomic mass is 9.71. The molecule has 3 aliphatic rings. The molecule has 26 heavy (non-hydrogen) atoms. The Morgan fingerprint density at radius 1 is 0.923 bits per heavy atom. The molecule has 0 N–H and O–H groups in total. The fourth-order valence-electron chi connectivity index (χ4n) is 5.15. The van der Waals surface area contributed by atoms with Gasteiger partial charge in [-0.3, -0.25) is 0 Å². The van der Waals surface area contributed by atoms with Crippen LogP contribution in [0.4, 0.5) is 0 Å². The molecule has 3 saturated heterocycles. The Bertz CT molecular complexity index is 537. The van der Waals surface area contributed by atoms with Gasteiger partial charge in [-0.25, -0.2) is 12.7 Å². The van der Waals surface area contributed by atoms with Crippen LogP contribution < -0.4 is 0 Å². The Kier molecular flexibility index (Phi) is 6.69. The number of piperidine rings is 3. The van der Waals surface area contributed by atoms with E-state index in [2.05, 4.69) is 23.6 Å². The molecular weight excluding hydrogens is 346 g/mol. The van der Waals surface area contributed by atoms with Gasteiger partial charge in [-0.05, 0) is 96.8 Å². The van der Waals surface area contributed by atoms with E-state index >= 15 is 0 Å². The van der Waals surface area contributed by atoms with E-state index in [0.717, 1.165) is 31.8 Å². The molecule has 0 bridgehead atoms. The quantitative estimate of drug-likeness (QED) is 0.730. The van der Waals surface area contributed by atoms with E-state index in [0.29, 0.717) is 11.5 Å². The largest absolute Gasteiger partial charge is 0.303 e. The summed E-state index contributed by atoms with van der Waals surface area (Å²) in [6, 6.07) is 0.688. The zero-order chi connectivity index (χ0) is 18.8. The van der Waals surface area contributed by atoms with Gasteiger partial charge in [0.15, 0.2) is 0 Å². The minimum atomic E-state index is -3.00. The summed E-state index contributed by atoms with van der Waals surface area (Å²) in [6.45, 7) is 14.1. The standard InChI is InChI=1S/C20H39N3O2S/c1-4-26(24,25)23-15-9-20(10-16-23)7-13-21(14-8-20)17-19-5-11-22(12-6-19)18(2)3/h18-19H,4-17H2,1-3H3. The van der Waals surface area contributed by atoms with Crippen LogP contribution in [0.15, 0.2) is 0 Å². The van der Waals surface area contributed by atoms with Crippen molar-refractivity contribution in [2.24, 2.45) is 11.3 Å². The van der Waals surface area contributed by atoms with Crippen LogP contribution >= 0.6 is 0 Å². The lowest BCUT2D eigenvalue weighted by Crippen LogP contribution is -2.49. The van der Waals surface area contributed by atoms with Gasteiger partial charge in [-0.15, -0.1) is 0 Å². The topological polar surface area (TPSA) is 43.9 Å². The SMILES string of the molecule is CCS(=O)(=O)N1CCC2(CCN(CC3CCN(C(C)C)CC3)CC2)CC1. The van der Waals surface area contributed by atoms with Crippen molar-refractivity contribution < 1.29 is 8.42 Å². The maximum absolute atomic E-state index is 12.1. The molecule has 3 heterocycles. The third-order valence-electron chi connectivity index (χ3n) is 7.35. The van der Waals surface area contributed by atoms with Gasteiger partial charge >= 0.3 is 0 Å². The molecule has 0 radical (unpaired) electrons. The molecule has 0 atom stereocenters. The molecule has 0 aliphatic carbocycles. The van der Waals surface area contributed by atoms with Crippen molar-refractivity contribution >= 4 is 10.0 Å². The number of likely N-dealkylation sites (tertiary alicyclic amines) is 2. The van der Waals surface area contributed by atoms with Crippen molar-refractivity contribution in [3.63, 3.8) is 0 Å². The number of nitrogens with zero attached hydrogens (tertiary/aromatic N) is 3. The Morgan fingerprint density at radius 2 is 1.46 bits per heavy atom. The second-order valence-corrected chi connectivity index (χ2v) is 11.4. The lowest BCUT2D eigenvalue weighted by Gasteiger charge is -2.47. The summed E-state index contributed by atoms with van der Waals surface area (Å²) in [4.78, 5) is 5.30. The molecule has 1 spiro atoms. The van der Waals surface area contributed by atoms with Crippen LogP contribution in [-0.4, -0.2) is 80.1 Å². The third kappa shape index (κ3) is 4.81. The van der Waals surface area contributed by atoms with Crippen LogP contribution in [0.3, 0.4) is 0 Å². The molecule has 3 fully saturated rings. The molecular formula is C20H39N3O2S. The molecule has 6 heteroatoms. The highest BCUT2D eigenvalue weighted by Gasteiger charge is 2.40. The highest BCUT2D eigenvalue weighted by atomic mass is 32.2. The van der Waals surface area contributed by atoms with Crippen LogP contribution in [0.1, 0.15) is 59.3 Å². The van der Waals surface area contributed by atoms with Crippen LogP contribution in [0.25, 0.3) is 0 Å². The fraction of sp³-hybridized carbons (Fsp3) is 1.00. The summed E-state index contributed by atoms with van der Waals surface area (Å²) in [5.74, 6) is 1.11. The predicted octanol–water partition coefficient (Wildman–Crippen LogP) is 2.63. The average molecular weight is 386 g/mol. The molecule has 0 amide bonds. The molecule has 0 unspecified atom stereocenters. The highest BCUT2D eigenvalue weighted by molar-refractivity contribution is 7.89. The van der Waals surface area contributed by atoms with Crippen molar-refractivity contribution in [2.75, 3.05) is 51.6 Å². The lowest BCUT2D eigenvalue weighted by molar-refractivity contribution is 0.0407. The second-order valence-electron chi connectivity index (χ2n) is 9.17. The first kappa shape index (κ1) is 20.6. The Balaban J connectivity index is 1.41. The van der Waals surface area contributed by atoms with E-state index < -0.39 is 10.0 Å². The summed E-state index contributed by atoms with van der Waals surface area (Å²) in [5.41, 5.74) is 0.414. The number of hydrogen-bond acceptors (Lipinski definition) is 4. The van der Waals surface area contributed by atoms with E-state index in [9.17, 15) is 8.42 Å². The molecule has 3 rings (SSSR count). The van der Waals surface area contributed by atoms with Gasteiger partial charge in [0.2, 0.25) is 10.0 Å². The van der Waals surface area contributed by atoms with Crippen LogP contribution in [-0.2, 0) is 10.0 Å². The smallest absolute Gasteiger partial charge is 0.213 e. The molecule has 0 aromatic heterocycles. The van der Waals surface area contributed by atoms with Crippen molar-refractivity contribution in [1.82, 2.24) is 14.1 Å². The molecule has 5 nitrogen and oxygen atoms in total. The van der Waals surface area contributed by atoms with Gasteiger partial charge < -0.3 is 9.80 Å². The maximum atomic E-state index is 12.1. The molecule has 152 valence electrons. The van der Waals surface area contributed by atoms with E-state index in [1.165, 1.54) is 58.4 Å². The van der Waals surface area contributed by atoms with E-state index in [1.807, 2.05) is 0 Å². The van der Waals surface area contributed by atoms with Crippen LogP contribution in [0.2, 0.25) is 0 Å². The summed E-state index contributed by atoms with van der Waals surface area (Å²) in [7, 11) is -3.00. The van der Waals surface area contributed by atoms with Crippen molar-refractivity contribution in [1.29, 1.82) is 0 Å². The first-order valence-corrected chi connectivity index (χ1v) is 12.4. The zero-order valence-corrected chi connectivity index (χ0v) is 17.9. The Labute approximate surface area is 161 Å². The van der Waals surface area contributed by atoms with Gasteiger partial charge in [0.05, 0.1) is 5.75 Å². The normalized spacial score (nSPS) is 27.4.